The summed E-state index contributed by atoms with van der Waals surface area (Å²) in [7, 11) is 2.98. The Morgan fingerprint density at radius 1 is 1.31 bits per heavy atom. The van der Waals surface area contributed by atoms with Crippen LogP contribution in [0.3, 0.4) is 0 Å². The van der Waals surface area contributed by atoms with E-state index in [4.69, 9.17) is 38.6 Å². The van der Waals surface area contributed by atoms with Gasteiger partial charge in [0.1, 0.15) is 18.3 Å². The molecule has 0 radical (unpaired) electrons. The molecule has 0 aliphatic carbocycles. The summed E-state index contributed by atoms with van der Waals surface area (Å²) < 4.78 is 30.0. The Hall–Kier alpha value is -2.53. The van der Waals surface area contributed by atoms with Crippen molar-refractivity contribution in [3.63, 3.8) is 0 Å². The highest BCUT2D eigenvalue weighted by Crippen LogP contribution is 2.29. The number of carbonyl (C=O) groups is 1. The Morgan fingerprint density at radius 3 is 2.72 bits per heavy atom. The second kappa shape index (κ2) is 9.31. The molecule has 0 aromatic heterocycles. The molecule has 2 heterocycles. The van der Waals surface area contributed by atoms with E-state index in [9.17, 15) is 9.18 Å². The smallest absolute Gasteiger partial charge is 0.414 e. The maximum Gasteiger partial charge on any atom is 0.414 e. The predicted molar refractivity (Wildman–Crippen MR) is 115 cm³/mol. The van der Waals surface area contributed by atoms with E-state index in [1.165, 1.54) is 36.5 Å². The zero-order valence-corrected chi connectivity index (χ0v) is 17.7. The Morgan fingerprint density at radius 2 is 2.10 bits per heavy atom. The second-order valence-corrected chi connectivity index (χ2v) is 7.19. The number of benzene rings is 1. The van der Waals surface area contributed by atoms with Crippen molar-refractivity contribution in [2.24, 2.45) is 5.10 Å². The normalized spacial score (nSPS) is 18.7. The topological polar surface area (TPSA) is 66.8 Å². The standard InChI is InChI=1S/C18H21FN4O4S2/c1-25-16(28)6-4-13-10-22(17(24)27-13)12-3-5-15(14(19)9-12)21-7-8-23(20-11-21)18(29)26-2/h3,5,9,11,13H,4,6-8,10H2,1-2H3/t13-/m0/s1. The average Bonchev–Trinajstić information content (AvgIpc) is 3.12. The molecule has 11 heteroatoms. The highest BCUT2D eigenvalue weighted by Gasteiger charge is 2.33. The van der Waals surface area contributed by atoms with Gasteiger partial charge in [-0.3, -0.25) is 4.90 Å². The summed E-state index contributed by atoms with van der Waals surface area (Å²) in [5.74, 6) is -0.464. The highest BCUT2D eigenvalue weighted by atomic mass is 32.1. The average molecular weight is 441 g/mol. The lowest BCUT2D eigenvalue weighted by molar-refractivity contribution is 0.137. The summed E-state index contributed by atoms with van der Waals surface area (Å²) in [6.45, 7) is 1.28. The Kier molecular flexibility index (Phi) is 6.80. The lowest BCUT2D eigenvalue weighted by atomic mass is 10.2. The molecule has 156 valence electrons. The number of halogens is 1. The first-order valence-corrected chi connectivity index (χ1v) is 9.75. The Balaban J connectivity index is 1.66. The van der Waals surface area contributed by atoms with E-state index in [2.05, 4.69) is 5.10 Å². The van der Waals surface area contributed by atoms with Gasteiger partial charge in [0.15, 0.2) is 5.05 Å². The fourth-order valence-electron chi connectivity index (χ4n) is 3.03. The molecule has 29 heavy (non-hydrogen) atoms. The third-order valence-electron chi connectivity index (χ3n) is 4.59. The molecule has 1 amide bonds. The SMILES string of the molecule is COC(=S)CC[C@H]1CN(c2ccc(N3C=NN(C(=S)OC)CC3)c(F)c2)C(=O)O1. The fraction of sp³-hybridized carbons (Fsp3) is 0.444. The zero-order chi connectivity index (χ0) is 21.0. The van der Waals surface area contributed by atoms with Gasteiger partial charge in [-0.25, -0.2) is 14.2 Å². The molecule has 2 aliphatic rings. The molecule has 0 N–H and O–H groups in total. The van der Waals surface area contributed by atoms with Crippen LogP contribution in [0, 0.1) is 5.82 Å². The van der Waals surface area contributed by atoms with Crippen LogP contribution >= 0.6 is 24.4 Å². The first kappa shape index (κ1) is 21.2. The molecular formula is C18H21FN4O4S2. The minimum absolute atomic E-state index is 0.255. The van der Waals surface area contributed by atoms with Gasteiger partial charge in [0, 0.05) is 13.0 Å². The first-order chi connectivity index (χ1) is 13.9. The molecule has 0 bridgehead atoms. The number of hydrazone groups is 1. The molecule has 1 fully saturated rings. The number of methoxy groups -OCH3 is 2. The third-order valence-corrected chi connectivity index (χ3v) is 5.34. The minimum Gasteiger partial charge on any atom is -0.490 e. The molecule has 0 unspecified atom stereocenters. The van der Waals surface area contributed by atoms with Gasteiger partial charge in [-0.1, -0.05) is 0 Å². The van der Waals surface area contributed by atoms with E-state index in [1.807, 2.05) is 0 Å². The van der Waals surface area contributed by atoms with Crippen molar-refractivity contribution < 1.29 is 23.4 Å². The number of anilines is 2. The van der Waals surface area contributed by atoms with Crippen LogP contribution in [0.1, 0.15) is 12.8 Å². The molecular weight excluding hydrogens is 419 g/mol. The van der Waals surface area contributed by atoms with Crippen LogP contribution in [0.2, 0.25) is 0 Å². The first-order valence-electron chi connectivity index (χ1n) is 8.93. The maximum absolute atomic E-state index is 14.8. The van der Waals surface area contributed by atoms with Gasteiger partial charge in [0.05, 0.1) is 38.7 Å². The van der Waals surface area contributed by atoms with E-state index >= 15 is 0 Å². The number of amides is 1. The lowest BCUT2D eigenvalue weighted by Crippen LogP contribution is -2.40. The number of hydrogen-bond donors (Lipinski definition) is 0. The van der Waals surface area contributed by atoms with Gasteiger partial charge >= 0.3 is 6.09 Å². The van der Waals surface area contributed by atoms with Crippen molar-refractivity contribution in [3.8, 4) is 0 Å². The summed E-state index contributed by atoms with van der Waals surface area (Å²) in [5.41, 5.74) is 0.791. The number of carbonyl (C=O) groups excluding carboxylic acids is 1. The lowest BCUT2D eigenvalue weighted by Gasteiger charge is -2.29. The molecule has 1 aromatic rings. The summed E-state index contributed by atoms with van der Waals surface area (Å²) >= 11 is 10.0. The van der Waals surface area contributed by atoms with Gasteiger partial charge in [-0.2, -0.15) is 5.10 Å². The summed E-state index contributed by atoms with van der Waals surface area (Å²) in [6, 6.07) is 4.61. The molecule has 8 nitrogen and oxygen atoms in total. The minimum atomic E-state index is -0.506. The van der Waals surface area contributed by atoms with Crippen molar-refractivity contribution in [2.45, 2.75) is 18.9 Å². The van der Waals surface area contributed by atoms with E-state index in [0.29, 0.717) is 48.9 Å². The number of cyclic esters (lactones) is 1. The van der Waals surface area contributed by atoms with Crippen molar-refractivity contribution in [1.29, 1.82) is 0 Å². The van der Waals surface area contributed by atoms with Crippen LogP contribution < -0.4 is 9.80 Å². The summed E-state index contributed by atoms with van der Waals surface area (Å²) in [4.78, 5) is 15.3. The van der Waals surface area contributed by atoms with Gasteiger partial charge in [0.2, 0.25) is 0 Å². The number of nitrogens with zero attached hydrogens (tertiary/aromatic N) is 4. The third kappa shape index (κ3) is 4.91. The zero-order valence-electron chi connectivity index (χ0n) is 16.0. The maximum atomic E-state index is 14.8. The molecule has 3 rings (SSSR count). The predicted octanol–water partition coefficient (Wildman–Crippen LogP) is 2.90. The monoisotopic (exact) mass is 440 g/mol. The number of ether oxygens (including phenoxy) is 3. The van der Waals surface area contributed by atoms with E-state index < -0.39 is 11.9 Å². The van der Waals surface area contributed by atoms with E-state index in [-0.39, 0.29) is 11.3 Å². The molecule has 0 spiro atoms. The summed E-state index contributed by atoms with van der Waals surface area (Å²) in [5, 5.41) is 6.40. The van der Waals surface area contributed by atoms with Crippen LogP contribution in [-0.2, 0) is 14.2 Å². The highest BCUT2D eigenvalue weighted by molar-refractivity contribution is 7.80. The van der Waals surface area contributed by atoms with Crippen molar-refractivity contribution in [1.82, 2.24) is 5.01 Å². The number of thiocarbonyl (C=S) groups is 2. The summed E-state index contributed by atoms with van der Waals surface area (Å²) in [6.07, 6.45) is 1.74. The molecule has 1 aromatic carbocycles. The second-order valence-electron chi connectivity index (χ2n) is 6.38. The van der Waals surface area contributed by atoms with E-state index in [0.717, 1.165) is 0 Å². The van der Waals surface area contributed by atoms with Gasteiger partial charge in [0.25, 0.3) is 5.17 Å². The fourth-order valence-corrected chi connectivity index (χ4v) is 3.29. The quantitative estimate of drug-likeness (QED) is 0.648. The van der Waals surface area contributed by atoms with Crippen molar-refractivity contribution in [2.75, 3.05) is 43.7 Å². The molecule has 1 atom stereocenters. The van der Waals surface area contributed by atoms with Crippen LogP contribution in [0.5, 0.6) is 0 Å². The van der Waals surface area contributed by atoms with Crippen LogP contribution in [-0.4, -0.2) is 67.6 Å². The van der Waals surface area contributed by atoms with Gasteiger partial charge in [-0.15, -0.1) is 0 Å². The number of rotatable bonds is 5. The van der Waals surface area contributed by atoms with Crippen molar-refractivity contribution >= 4 is 58.5 Å². The molecule has 2 aliphatic heterocycles. The Labute approximate surface area is 178 Å². The van der Waals surface area contributed by atoms with Crippen LogP contribution in [0.25, 0.3) is 0 Å². The Bertz CT molecular complexity index is 838. The van der Waals surface area contributed by atoms with Gasteiger partial charge < -0.3 is 19.1 Å². The molecule has 0 saturated carbocycles. The van der Waals surface area contributed by atoms with Gasteiger partial charge in [-0.05, 0) is 49.1 Å². The van der Waals surface area contributed by atoms with Crippen LogP contribution in [0.15, 0.2) is 23.3 Å². The number of hydrogen-bond acceptors (Lipinski definition) is 8. The van der Waals surface area contributed by atoms with Crippen LogP contribution in [0.4, 0.5) is 20.6 Å². The van der Waals surface area contributed by atoms with Crippen molar-refractivity contribution in [3.05, 3.63) is 24.0 Å². The van der Waals surface area contributed by atoms with E-state index in [1.54, 1.807) is 17.0 Å². The molecule has 1 saturated heterocycles. The largest absolute Gasteiger partial charge is 0.490 e.